The highest BCUT2D eigenvalue weighted by Crippen LogP contribution is 2.35. The van der Waals surface area contributed by atoms with Gasteiger partial charge in [0.1, 0.15) is 11.2 Å². The minimum Gasteiger partial charge on any atom is -0.273 e. The van der Waals surface area contributed by atoms with E-state index in [1.54, 1.807) is 0 Å². The van der Waals surface area contributed by atoms with Crippen molar-refractivity contribution in [2.24, 2.45) is 0 Å². The number of nitrogens with one attached hydrogen (secondary N) is 1. The Bertz CT molecular complexity index is 1180. The summed E-state index contributed by atoms with van der Waals surface area (Å²) in [5.41, 5.74) is 5.34. The van der Waals surface area contributed by atoms with Gasteiger partial charge in [-0.05, 0) is 24.5 Å². The van der Waals surface area contributed by atoms with Crippen LogP contribution in [0.3, 0.4) is 0 Å². The van der Waals surface area contributed by atoms with Crippen LogP contribution in [0.1, 0.15) is 16.9 Å². The molecule has 2 aromatic carbocycles. The van der Waals surface area contributed by atoms with Crippen LogP contribution in [-0.4, -0.2) is 15.6 Å². The first kappa shape index (κ1) is 18.1. The monoisotopic (exact) mass is 389 g/mol. The number of rotatable bonds is 5. The number of aromatic nitrogens is 2. The summed E-state index contributed by atoms with van der Waals surface area (Å²) >= 11 is 1.49. The van der Waals surface area contributed by atoms with Gasteiger partial charge in [0.25, 0.3) is 5.56 Å². The van der Waals surface area contributed by atoms with Gasteiger partial charge in [0.05, 0.1) is 5.39 Å². The van der Waals surface area contributed by atoms with Crippen LogP contribution in [-0.2, 0) is 11.2 Å². The first-order valence-electron chi connectivity index (χ1n) is 9.03. The summed E-state index contributed by atoms with van der Waals surface area (Å²) in [4.78, 5) is 31.5. The minimum atomic E-state index is -0.263. The summed E-state index contributed by atoms with van der Waals surface area (Å²) < 4.78 is 1.19. The van der Waals surface area contributed by atoms with Crippen molar-refractivity contribution in [2.75, 3.05) is 5.43 Å². The number of fused-ring (bicyclic) bond motifs is 1. The highest BCUT2D eigenvalue weighted by molar-refractivity contribution is 7.19. The average Bonchev–Trinajstić information content (AvgIpc) is 3.07. The fourth-order valence-corrected chi connectivity index (χ4v) is 4.23. The lowest BCUT2D eigenvalue weighted by atomic mass is 10.0. The normalized spacial score (nSPS) is 10.9. The molecule has 1 amide bonds. The van der Waals surface area contributed by atoms with Crippen LogP contribution in [0.5, 0.6) is 0 Å². The maximum absolute atomic E-state index is 13.1. The molecule has 0 bridgehead atoms. The molecular weight excluding hydrogens is 370 g/mol. The molecule has 0 saturated carbocycles. The zero-order chi connectivity index (χ0) is 19.5. The number of hydrogen-bond donors (Lipinski definition) is 1. The van der Waals surface area contributed by atoms with Crippen LogP contribution in [0, 0.1) is 6.92 Å². The van der Waals surface area contributed by atoms with Gasteiger partial charge in [0.2, 0.25) is 5.91 Å². The molecule has 4 aromatic rings. The highest BCUT2D eigenvalue weighted by Gasteiger charge is 2.17. The van der Waals surface area contributed by atoms with E-state index in [0.717, 1.165) is 21.6 Å². The number of benzene rings is 2. The lowest BCUT2D eigenvalue weighted by Gasteiger charge is -2.08. The van der Waals surface area contributed by atoms with E-state index in [0.29, 0.717) is 23.1 Å². The van der Waals surface area contributed by atoms with Gasteiger partial charge in [-0.1, -0.05) is 60.7 Å². The Morgan fingerprint density at radius 3 is 2.46 bits per heavy atom. The van der Waals surface area contributed by atoms with Crippen LogP contribution in [0.2, 0.25) is 0 Å². The number of amides is 1. The average molecular weight is 389 g/mol. The summed E-state index contributed by atoms with van der Waals surface area (Å²) in [5.74, 6) is -0.222. The molecule has 4 rings (SSSR count). The molecule has 2 aromatic heterocycles. The molecule has 6 heteroatoms. The third kappa shape index (κ3) is 3.59. The number of nitrogens with zero attached hydrogens (tertiary/aromatic N) is 2. The predicted molar refractivity (Wildman–Crippen MR) is 113 cm³/mol. The van der Waals surface area contributed by atoms with Crippen molar-refractivity contribution < 1.29 is 4.79 Å². The molecule has 1 N–H and O–H groups in total. The van der Waals surface area contributed by atoms with E-state index in [2.05, 4.69) is 10.4 Å². The van der Waals surface area contributed by atoms with Crippen molar-refractivity contribution >= 4 is 27.5 Å². The van der Waals surface area contributed by atoms with Crippen molar-refractivity contribution in [1.29, 1.82) is 0 Å². The molecule has 0 aliphatic heterocycles. The van der Waals surface area contributed by atoms with E-state index in [1.807, 2.05) is 67.6 Å². The maximum atomic E-state index is 13.1. The summed E-state index contributed by atoms with van der Waals surface area (Å²) in [5, 5.41) is 0.541. The standard InChI is InChI=1S/C22H19N3O2S/c1-15-19(17-10-6-3-7-11-17)20-21(28-15)23-14-25(22(20)27)24-18(26)13-12-16-8-4-2-5-9-16/h2-11,14H,12-13H2,1H3,(H,24,26). The van der Waals surface area contributed by atoms with Crippen molar-refractivity contribution in [3.8, 4) is 11.1 Å². The van der Waals surface area contributed by atoms with E-state index in [9.17, 15) is 9.59 Å². The fourth-order valence-electron chi connectivity index (χ4n) is 3.23. The van der Waals surface area contributed by atoms with Gasteiger partial charge in [-0.15, -0.1) is 11.3 Å². The Morgan fingerprint density at radius 1 is 1.07 bits per heavy atom. The summed E-state index contributed by atoms with van der Waals surface area (Å²) in [6.07, 6.45) is 2.29. The molecule has 2 heterocycles. The van der Waals surface area contributed by atoms with Gasteiger partial charge in [0, 0.05) is 16.9 Å². The predicted octanol–water partition coefficient (Wildman–Crippen LogP) is 4.14. The van der Waals surface area contributed by atoms with E-state index in [4.69, 9.17) is 0 Å². The summed E-state index contributed by atoms with van der Waals surface area (Å²) in [6, 6.07) is 19.6. The number of aryl methyl sites for hydroxylation is 2. The number of carbonyl (C=O) groups is 1. The number of thiophene rings is 1. The van der Waals surface area contributed by atoms with Crippen LogP contribution in [0.4, 0.5) is 0 Å². The van der Waals surface area contributed by atoms with E-state index in [-0.39, 0.29) is 11.5 Å². The molecule has 0 saturated heterocycles. The quantitative estimate of drug-likeness (QED) is 0.558. The zero-order valence-electron chi connectivity index (χ0n) is 15.4. The van der Waals surface area contributed by atoms with Crippen molar-refractivity contribution in [3.63, 3.8) is 0 Å². The molecule has 0 atom stereocenters. The molecule has 0 unspecified atom stereocenters. The highest BCUT2D eigenvalue weighted by atomic mass is 32.1. The number of hydrogen-bond acceptors (Lipinski definition) is 4. The fraction of sp³-hybridized carbons (Fsp3) is 0.136. The smallest absolute Gasteiger partial charge is 0.273 e. The van der Waals surface area contributed by atoms with Gasteiger partial charge in [0.15, 0.2) is 0 Å². The van der Waals surface area contributed by atoms with E-state index < -0.39 is 0 Å². The molecule has 0 aliphatic carbocycles. The Kier molecular flexibility index (Phi) is 5.04. The zero-order valence-corrected chi connectivity index (χ0v) is 16.2. The van der Waals surface area contributed by atoms with Crippen LogP contribution in [0.15, 0.2) is 71.8 Å². The van der Waals surface area contributed by atoms with Gasteiger partial charge in [-0.3, -0.25) is 15.0 Å². The minimum absolute atomic E-state index is 0.222. The second-order valence-corrected chi connectivity index (χ2v) is 7.72. The van der Waals surface area contributed by atoms with E-state index >= 15 is 0 Å². The topological polar surface area (TPSA) is 64.0 Å². The molecule has 5 nitrogen and oxygen atoms in total. The molecule has 28 heavy (non-hydrogen) atoms. The van der Waals surface area contributed by atoms with Gasteiger partial charge in [-0.25, -0.2) is 9.66 Å². The Balaban J connectivity index is 1.63. The van der Waals surface area contributed by atoms with Crippen LogP contribution in [0.25, 0.3) is 21.3 Å². The maximum Gasteiger partial charge on any atom is 0.281 e. The van der Waals surface area contributed by atoms with Crippen molar-refractivity contribution in [3.05, 3.63) is 87.8 Å². The van der Waals surface area contributed by atoms with Gasteiger partial charge in [-0.2, -0.15) is 0 Å². The van der Waals surface area contributed by atoms with Crippen molar-refractivity contribution in [1.82, 2.24) is 9.66 Å². The summed E-state index contributed by atoms with van der Waals surface area (Å²) in [6.45, 7) is 1.98. The first-order chi connectivity index (χ1) is 13.6. The van der Waals surface area contributed by atoms with Crippen LogP contribution >= 0.6 is 11.3 Å². The summed E-state index contributed by atoms with van der Waals surface area (Å²) in [7, 11) is 0. The lowest BCUT2D eigenvalue weighted by molar-refractivity contribution is -0.117. The van der Waals surface area contributed by atoms with Crippen molar-refractivity contribution in [2.45, 2.75) is 19.8 Å². The third-order valence-corrected chi connectivity index (χ3v) is 5.59. The SMILES string of the molecule is Cc1sc2ncn(NC(=O)CCc3ccccc3)c(=O)c2c1-c1ccccc1. The molecule has 0 radical (unpaired) electrons. The first-order valence-corrected chi connectivity index (χ1v) is 9.85. The van der Waals surface area contributed by atoms with Gasteiger partial charge >= 0.3 is 0 Å². The largest absolute Gasteiger partial charge is 0.281 e. The Morgan fingerprint density at radius 2 is 1.75 bits per heavy atom. The second kappa shape index (κ2) is 7.78. The molecule has 140 valence electrons. The molecule has 0 fully saturated rings. The molecule has 0 spiro atoms. The second-order valence-electron chi connectivity index (χ2n) is 6.52. The third-order valence-electron chi connectivity index (χ3n) is 4.58. The van der Waals surface area contributed by atoms with Gasteiger partial charge < -0.3 is 0 Å². The Hall–Kier alpha value is -3.25. The number of carbonyl (C=O) groups excluding carboxylic acids is 1. The lowest BCUT2D eigenvalue weighted by Crippen LogP contribution is -2.33. The van der Waals surface area contributed by atoms with Crippen LogP contribution < -0.4 is 11.0 Å². The molecule has 0 aliphatic rings. The van der Waals surface area contributed by atoms with E-state index in [1.165, 1.54) is 22.3 Å². The Labute approximate surface area is 166 Å². The molecular formula is C22H19N3O2S.